The normalized spacial score (nSPS) is 13.8. The molecule has 0 aromatic heterocycles. The number of carbonyl (C=O) groups is 3. The van der Waals surface area contributed by atoms with Gasteiger partial charge in [0.1, 0.15) is 37.9 Å². The third kappa shape index (κ3) is 75.3. The van der Waals surface area contributed by atoms with Crippen LogP contribution >= 0.6 is 0 Å². The summed E-state index contributed by atoms with van der Waals surface area (Å²) in [4.78, 5) is 30.0. The molecule has 0 rings (SSSR count). The lowest BCUT2D eigenvalue weighted by molar-refractivity contribution is -0.893. The van der Waals surface area contributed by atoms with Crippen LogP contribution in [-0.4, -0.2) is 313 Å². The van der Waals surface area contributed by atoms with Crippen molar-refractivity contribution in [2.75, 3.05) is 211 Å². The molecule has 4 unspecified atom stereocenters. The summed E-state index contributed by atoms with van der Waals surface area (Å²) in [7, 11) is 26.7. The Morgan fingerprint density at radius 3 is 1.06 bits per heavy atom. The maximum Gasteiger partial charge on any atom is 0.305 e. The Labute approximate surface area is 556 Å². The van der Waals surface area contributed by atoms with Crippen molar-refractivity contribution in [2.45, 2.75) is 218 Å². The van der Waals surface area contributed by atoms with Gasteiger partial charge >= 0.3 is 17.9 Å². The summed E-state index contributed by atoms with van der Waals surface area (Å²) >= 11 is 0. The second kappa shape index (κ2) is 55.4. The number of esters is 3. The van der Waals surface area contributed by atoms with Gasteiger partial charge in [0.05, 0.1) is 184 Å². The van der Waals surface area contributed by atoms with Crippen molar-refractivity contribution in [3.05, 3.63) is 0 Å². The first kappa shape index (κ1) is 94.7. The number of methoxy groups -OCH3 is 3. The summed E-state index contributed by atoms with van der Waals surface area (Å²) in [5.41, 5.74) is 0. The number of unbranched alkanes of at least 4 members (excludes halogenated alkanes) is 14. The van der Waals surface area contributed by atoms with Crippen molar-refractivity contribution in [1.82, 2.24) is 0 Å². The maximum absolute atomic E-state index is 10.8. The number of rotatable bonds is 54. The van der Waals surface area contributed by atoms with Gasteiger partial charge in [-0.1, -0.05) is 58.3 Å². The van der Waals surface area contributed by atoms with Crippen LogP contribution in [0.3, 0.4) is 0 Å². The maximum atomic E-state index is 10.8. The molecule has 20 nitrogen and oxygen atoms in total. The molecule has 0 saturated heterocycles. The van der Waals surface area contributed by atoms with E-state index in [1.807, 2.05) is 0 Å². The van der Waals surface area contributed by atoms with Crippen LogP contribution in [0.1, 0.15) is 156 Å². The molecule has 0 saturated carbocycles. The molecule has 0 heterocycles. The summed E-state index contributed by atoms with van der Waals surface area (Å²) in [5.74, 6) is -0.562. The molecule has 0 aliphatic rings. The van der Waals surface area contributed by atoms with E-state index in [-0.39, 0.29) is 17.9 Å². The third-order valence-corrected chi connectivity index (χ3v) is 23.0. The Bertz CT molecular complexity index is 1670. The van der Waals surface area contributed by atoms with E-state index < -0.39 is 41.1 Å². The fraction of sp³-hybridized carbons (Fsp3) is 0.956. The lowest BCUT2D eigenvalue weighted by Crippen LogP contribution is -2.47. The fourth-order valence-electron chi connectivity index (χ4n) is 10.4. The Morgan fingerprint density at radius 2 is 0.700 bits per heavy atom. The predicted octanol–water partition coefficient (Wildman–Crippen LogP) is 9.29. The largest absolute Gasteiger partial charge is 0.469 e. The van der Waals surface area contributed by atoms with Crippen LogP contribution in [0.5, 0.6) is 0 Å². The van der Waals surface area contributed by atoms with E-state index in [0.29, 0.717) is 85.3 Å². The Balaban J connectivity index is -0.00000122. The van der Waals surface area contributed by atoms with Crippen molar-refractivity contribution < 1.29 is 94.5 Å². The summed E-state index contributed by atoms with van der Waals surface area (Å²) in [6.45, 7) is 25.0. The molecule has 0 radical (unpaired) electrons. The van der Waals surface area contributed by atoms with E-state index in [0.717, 1.165) is 92.8 Å². The summed E-state index contributed by atoms with van der Waals surface area (Å²) in [6, 6.07) is 2.10. The van der Waals surface area contributed by atoms with Gasteiger partial charge in [0.15, 0.2) is 16.6 Å². The number of aliphatic hydroxyl groups excluding tert-OH is 4. The smallest absolute Gasteiger partial charge is 0.305 e. The van der Waals surface area contributed by atoms with E-state index in [1.54, 1.807) is 0 Å². The number of ether oxygens (including phenoxy) is 7. The zero-order valence-corrected chi connectivity index (χ0v) is 64.9. The molecule has 0 aromatic rings. The monoisotopic (exact) mass is 1340 g/mol. The van der Waals surface area contributed by atoms with Crippen molar-refractivity contribution in [3.63, 3.8) is 0 Å². The molecule has 0 bridgehead atoms. The number of quaternary nitrogens is 5. The van der Waals surface area contributed by atoms with Gasteiger partial charge in [0.2, 0.25) is 0 Å². The van der Waals surface area contributed by atoms with Gasteiger partial charge in [0, 0.05) is 39.9 Å². The molecule has 0 amide bonds. The highest BCUT2D eigenvalue weighted by molar-refractivity contribution is 6.84. The Hall–Kier alpha value is -1.72. The van der Waals surface area contributed by atoms with Crippen molar-refractivity contribution in [1.29, 1.82) is 0 Å². The van der Waals surface area contributed by atoms with Gasteiger partial charge in [-0.25, -0.2) is 0 Å². The molecule has 0 spiro atoms. The molecule has 0 aliphatic heterocycles. The van der Waals surface area contributed by atoms with Crippen molar-refractivity contribution in [3.8, 4) is 0 Å². The summed E-state index contributed by atoms with van der Waals surface area (Å²) < 4.78 is 46.9. The Kier molecular flexibility index (Phi) is 58.3. The standard InChI is InChI=1S/C49H114N5O9Si2.C13H26O2.2C3H6O2/c1-50(2,3)28-21-17-18-23-30-54(11,12)41-49(58)45-62-36-35-61-42-46(55)27-32-52(7,8)29-22-19-20-24-31-53(9,10)40-48(57)44-60-34-26-38-65(15,16)63-64(13,14)37-25-33-59-43-47(56)39-51(4,5)6;1-3-4-5-6-7-8-9-10-11-12-13(14)15-2;2*1-3(4)5-2/h46-49,55-58H,17-45H2,1-16H3;3-12H2,1-2H3;2*1-2H3/q+5;;;. The van der Waals surface area contributed by atoms with E-state index in [1.165, 1.54) is 132 Å². The number of likely N-dealkylation sites (N-methyl/N-ethyl adjacent to an activating group) is 3. The van der Waals surface area contributed by atoms with Crippen LogP contribution in [0, 0.1) is 0 Å². The van der Waals surface area contributed by atoms with Crippen LogP contribution in [0.15, 0.2) is 0 Å². The highest BCUT2D eigenvalue weighted by Crippen LogP contribution is 2.24. The quantitative estimate of drug-likeness (QED) is 0.0147. The number of nitrogens with zero attached hydrogens (tertiary/aromatic N) is 5. The Morgan fingerprint density at radius 1 is 0.378 bits per heavy atom. The minimum Gasteiger partial charge on any atom is -0.469 e. The van der Waals surface area contributed by atoms with E-state index >= 15 is 0 Å². The molecule has 4 atom stereocenters. The summed E-state index contributed by atoms with van der Waals surface area (Å²) in [6.07, 6.45) is 22.5. The molecule has 0 aromatic carbocycles. The second-order valence-electron chi connectivity index (χ2n) is 30.5. The van der Waals surface area contributed by atoms with Gasteiger partial charge in [-0.15, -0.1) is 0 Å². The molecule has 542 valence electrons. The number of aliphatic hydroxyl groups is 4. The highest BCUT2D eigenvalue weighted by Gasteiger charge is 2.33. The minimum absolute atomic E-state index is 0.0713. The fourth-order valence-corrected chi connectivity index (χ4v) is 19.2. The van der Waals surface area contributed by atoms with Gasteiger partial charge in [-0.2, -0.15) is 0 Å². The predicted molar refractivity (Wildman–Crippen MR) is 374 cm³/mol. The first-order valence-corrected chi connectivity index (χ1v) is 40.9. The SMILES string of the molecule is CCCCCCCCCCCC(=O)OC.COC(C)=O.COC(C)=O.C[N+](C)(C)CCCCCC[N+](C)(C)CC(O)COCCOCC(O)CC[N+](C)(C)CCCCCC[N+](C)(C)CC(O)COCCC[Si](C)(C)O[Si](C)(C)CCCOCC(O)C[N+](C)(C)C. The lowest BCUT2D eigenvalue weighted by Gasteiger charge is -2.34. The first-order chi connectivity index (χ1) is 41.7. The average Bonchev–Trinajstić information content (AvgIpc) is 3.57. The number of hydrogen-bond acceptors (Lipinski definition) is 15. The molecular weight excluding hydrogens is 1180 g/mol. The van der Waals surface area contributed by atoms with E-state index in [4.69, 9.17) is 23.1 Å². The molecule has 90 heavy (non-hydrogen) atoms. The number of hydrogen-bond donors (Lipinski definition) is 4. The lowest BCUT2D eigenvalue weighted by atomic mass is 10.1. The van der Waals surface area contributed by atoms with Crippen LogP contribution in [0.2, 0.25) is 38.3 Å². The molecule has 4 N–H and O–H groups in total. The highest BCUT2D eigenvalue weighted by atomic mass is 28.4. The molecule has 0 fully saturated rings. The van der Waals surface area contributed by atoms with Gasteiger partial charge in [0.25, 0.3) is 0 Å². The first-order valence-electron chi connectivity index (χ1n) is 34.6. The molecular formula is C68H152N5O15Si2+5. The van der Waals surface area contributed by atoms with Crippen molar-refractivity contribution >= 4 is 34.5 Å². The zero-order valence-electron chi connectivity index (χ0n) is 62.9. The van der Waals surface area contributed by atoms with Crippen LogP contribution < -0.4 is 0 Å². The topological polar surface area (TPSA) is 206 Å². The van der Waals surface area contributed by atoms with Crippen LogP contribution in [-0.2, 0) is 51.7 Å². The number of carbonyl (C=O) groups excluding carboxylic acids is 3. The van der Waals surface area contributed by atoms with E-state index in [9.17, 15) is 34.8 Å². The van der Waals surface area contributed by atoms with Gasteiger partial charge in [-0.3, -0.25) is 14.4 Å². The van der Waals surface area contributed by atoms with Crippen LogP contribution in [0.25, 0.3) is 0 Å². The minimum atomic E-state index is -1.83. The second-order valence-corrected chi connectivity index (χ2v) is 39.3. The molecule has 0 aliphatic carbocycles. The third-order valence-electron chi connectivity index (χ3n) is 15.4. The van der Waals surface area contributed by atoms with Crippen molar-refractivity contribution in [2.24, 2.45) is 0 Å². The molecule has 22 heteroatoms. The average molecular weight is 1340 g/mol. The van der Waals surface area contributed by atoms with E-state index in [2.05, 4.69) is 132 Å². The van der Waals surface area contributed by atoms with Gasteiger partial charge < -0.3 is 80.1 Å². The van der Waals surface area contributed by atoms with Crippen LogP contribution in [0.4, 0.5) is 0 Å². The summed E-state index contributed by atoms with van der Waals surface area (Å²) in [5, 5.41) is 42.1. The van der Waals surface area contributed by atoms with Gasteiger partial charge in [-0.05, 0) is 109 Å². The zero-order chi connectivity index (χ0) is 69.8.